The molecule has 0 spiro atoms. The number of rotatable bonds is 3. The fourth-order valence-electron chi connectivity index (χ4n) is 2.84. The van der Waals surface area contributed by atoms with E-state index < -0.39 is 0 Å². The second kappa shape index (κ2) is 6.42. The van der Waals surface area contributed by atoms with Crippen molar-refractivity contribution in [1.82, 2.24) is 20.2 Å². The summed E-state index contributed by atoms with van der Waals surface area (Å²) >= 11 is 1.54. The molecule has 2 aromatic heterocycles. The molecule has 1 saturated heterocycles. The Kier molecular flexibility index (Phi) is 4.13. The summed E-state index contributed by atoms with van der Waals surface area (Å²) in [4.78, 5) is 13.1. The molecule has 4 rings (SSSR count). The van der Waals surface area contributed by atoms with Crippen LogP contribution in [0.25, 0.3) is 5.70 Å². The number of aromatic nitrogens is 4. The minimum atomic E-state index is -0.255. The Balaban J connectivity index is 1.69. The molecule has 1 atom stereocenters. The highest BCUT2D eigenvalue weighted by Gasteiger charge is 2.32. The van der Waals surface area contributed by atoms with Gasteiger partial charge in [0.2, 0.25) is 5.95 Å². The molecule has 2 aromatic rings. The van der Waals surface area contributed by atoms with Crippen molar-refractivity contribution in [3.05, 3.63) is 35.1 Å². The standard InChI is InChI=1S/C15H19N7OS/c1-10-2-3-17-15(19-10)22-12(9-24-14(22)16)11-8-18-20-13(11)21-4-6-23-7-5-21/h2-3,8-9,14H,4-7,16H2,1H3,(H,18,20). The smallest absolute Gasteiger partial charge is 0.232 e. The van der Waals surface area contributed by atoms with Crippen molar-refractivity contribution in [2.24, 2.45) is 5.73 Å². The van der Waals surface area contributed by atoms with Crippen molar-refractivity contribution in [1.29, 1.82) is 0 Å². The third-order valence-corrected chi connectivity index (χ3v) is 4.89. The lowest BCUT2D eigenvalue weighted by Gasteiger charge is -2.29. The first-order valence-electron chi connectivity index (χ1n) is 7.81. The average molecular weight is 345 g/mol. The molecule has 0 saturated carbocycles. The molecule has 0 amide bonds. The fourth-order valence-corrected chi connectivity index (χ4v) is 3.68. The van der Waals surface area contributed by atoms with Crippen molar-refractivity contribution >= 4 is 29.2 Å². The number of thioether (sulfide) groups is 1. The number of nitrogens with two attached hydrogens (primary N) is 1. The first-order chi connectivity index (χ1) is 11.7. The third-order valence-electron chi connectivity index (χ3n) is 4.04. The molecule has 0 aromatic carbocycles. The van der Waals surface area contributed by atoms with Gasteiger partial charge in [-0.3, -0.25) is 10.00 Å². The predicted octanol–water partition coefficient (Wildman–Crippen LogP) is 1.14. The van der Waals surface area contributed by atoms with Crippen LogP contribution < -0.4 is 15.5 Å². The first-order valence-corrected chi connectivity index (χ1v) is 8.75. The highest BCUT2D eigenvalue weighted by atomic mass is 32.2. The van der Waals surface area contributed by atoms with Gasteiger partial charge in [0.25, 0.3) is 0 Å². The van der Waals surface area contributed by atoms with Crippen LogP contribution in [0.5, 0.6) is 0 Å². The number of nitrogens with one attached hydrogen (secondary N) is 1. The molecule has 24 heavy (non-hydrogen) atoms. The number of ether oxygens (including phenoxy) is 1. The molecule has 2 aliphatic heterocycles. The van der Waals surface area contributed by atoms with Crippen molar-refractivity contribution < 1.29 is 4.74 Å². The molecular weight excluding hydrogens is 326 g/mol. The molecule has 0 radical (unpaired) electrons. The number of anilines is 2. The van der Waals surface area contributed by atoms with Gasteiger partial charge in [0.1, 0.15) is 5.50 Å². The molecule has 8 nitrogen and oxygen atoms in total. The molecule has 4 heterocycles. The Morgan fingerprint density at radius 3 is 3.00 bits per heavy atom. The highest BCUT2D eigenvalue weighted by molar-refractivity contribution is 8.03. The molecule has 1 fully saturated rings. The second-order valence-corrected chi connectivity index (χ2v) is 6.61. The minimum Gasteiger partial charge on any atom is -0.378 e. The van der Waals surface area contributed by atoms with E-state index in [0.29, 0.717) is 19.2 Å². The Bertz CT molecular complexity index is 756. The summed E-state index contributed by atoms with van der Waals surface area (Å²) in [6, 6.07) is 1.87. The summed E-state index contributed by atoms with van der Waals surface area (Å²) in [5.74, 6) is 1.52. The van der Waals surface area contributed by atoms with Gasteiger partial charge in [-0.2, -0.15) is 5.10 Å². The predicted molar refractivity (Wildman–Crippen MR) is 94.4 cm³/mol. The van der Waals surface area contributed by atoms with Gasteiger partial charge in [0.05, 0.1) is 24.5 Å². The third kappa shape index (κ3) is 2.74. The van der Waals surface area contributed by atoms with Gasteiger partial charge < -0.3 is 15.4 Å². The van der Waals surface area contributed by atoms with Gasteiger partial charge in [0.15, 0.2) is 5.82 Å². The van der Waals surface area contributed by atoms with Gasteiger partial charge in [-0.15, -0.1) is 0 Å². The summed E-state index contributed by atoms with van der Waals surface area (Å²) in [5, 5.41) is 9.47. The van der Waals surface area contributed by atoms with Gasteiger partial charge >= 0.3 is 0 Å². The number of hydrogen-bond donors (Lipinski definition) is 2. The first kappa shape index (κ1) is 15.4. The number of H-pyrrole nitrogens is 1. The Hall–Kier alpha value is -2.10. The van der Waals surface area contributed by atoms with Crippen LogP contribution in [0.2, 0.25) is 0 Å². The van der Waals surface area contributed by atoms with Crippen LogP contribution >= 0.6 is 11.8 Å². The minimum absolute atomic E-state index is 0.255. The van der Waals surface area contributed by atoms with E-state index >= 15 is 0 Å². The fraction of sp³-hybridized carbons (Fsp3) is 0.400. The molecule has 2 aliphatic rings. The summed E-state index contributed by atoms with van der Waals surface area (Å²) in [5.41, 5.74) is 8.90. The van der Waals surface area contributed by atoms with Crippen molar-refractivity contribution in [2.45, 2.75) is 12.4 Å². The second-order valence-electron chi connectivity index (χ2n) is 5.62. The van der Waals surface area contributed by atoms with E-state index in [4.69, 9.17) is 10.5 Å². The number of aromatic amines is 1. The molecule has 3 N–H and O–H groups in total. The van der Waals surface area contributed by atoms with Crippen molar-refractivity contribution in [3.63, 3.8) is 0 Å². The summed E-state index contributed by atoms with van der Waals surface area (Å²) < 4.78 is 5.43. The molecular formula is C15H19N7OS. The highest BCUT2D eigenvalue weighted by Crippen LogP contribution is 2.39. The van der Waals surface area contributed by atoms with E-state index in [1.54, 1.807) is 18.0 Å². The van der Waals surface area contributed by atoms with Crippen LogP contribution in [-0.2, 0) is 4.74 Å². The van der Waals surface area contributed by atoms with E-state index in [1.165, 1.54) is 0 Å². The van der Waals surface area contributed by atoms with Gasteiger partial charge in [0, 0.05) is 31.2 Å². The van der Waals surface area contributed by atoms with Gasteiger partial charge in [-0.25, -0.2) is 9.97 Å². The Labute approximate surface area is 144 Å². The molecule has 126 valence electrons. The number of morpholine rings is 1. The maximum absolute atomic E-state index is 6.28. The molecule has 0 aliphatic carbocycles. The molecule has 0 bridgehead atoms. The summed E-state index contributed by atoms with van der Waals surface area (Å²) in [6.07, 6.45) is 3.65. The van der Waals surface area contributed by atoms with Gasteiger partial charge in [-0.1, -0.05) is 11.8 Å². The van der Waals surface area contributed by atoms with E-state index in [9.17, 15) is 0 Å². The Morgan fingerprint density at radius 1 is 1.38 bits per heavy atom. The van der Waals surface area contributed by atoms with Crippen LogP contribution in [-0.4, -0.2) is 52.0 Å². The molecule has 9 heteroatoms. The van der Waals surface area contributed by atoms with E-state index in [1.807, 2.05) is 29.5 Å². The zero-order chi connectivity index (χ0) is 16.5. The lowest BCUT2D eigenvalue weighted by Crippen LogP contribution is -2.38. The quantitative estimate of drug-likeness (QED) is 0.855. The zero-order valence-corrected chi connectivity index (χ0v) is 14.2. The van der Waals surface area contributed by atoms with Crippen LogP contribution in [0.15, 0.2) is 23.9 Å². The lowest BCUT2D eigenvalue weighted by atomic mass is 10.2. The maximum atomic E-state index is 6.28. The van der Waals surface area contributed by atoms with E-state index in [-0.39, 0.29) is 5.50 Å². The maximum Gasteiger partial charge on any atom is 0.232 e. The summed E-state index contributed by atoms with van der Waals surface area (Å²) in [6.45, 7) is 5.02. The monoisotopic (exact) mass is 345 g/mol. The molecule has 1 unspecified atom stereocenters. The zero-order valence-electron chi connectivity index (χ0n) is 13.3. The number of hydrogen-bond acceptors (Lipinski definition) is 8. The van der Waals surface area contributed by atoms with Crippen molar-refractivity contribution in [3.8, 4) is 0 Å². The SMILES string of the molecule is Cc1ccnc(N2C(c3c[nH]nc3N3CCOCC3)=CSC2N)n1. The van der Waals surface area contributed by atoms with Crippen LogP contribution in [0.1, 0.15) is 11.3 Å². The number of nitrogens with zero attached hydrogens (tertiary/aromatic N) is 5. The summed E-state index contributed by atoms with van der Waals surface area (Å²) in [7, 11) is 0. The Morgan fingerprint density at radius 2 is 2.21 bits per heavy atom. The van der Waals surface area contributed by atoms with Crippen molar-refractivity contribution in [2.75, 3.05) is 36.1 Å². The average Bonchev–Trinajstić information content (AvgIpc) is 3.22. The normalized spacial score (nSPS) is 21.2. The van der Waals surface area contributed by atoms with Crippen LogP contribution in [0.4, 0.5) is 11.8 Å². The van der Waals surface area contributed by atoms with E-state index in [0.717, 1.165) is 35.9 Å². The van der Waals surface area contributed by atoms with Crippen LogP contribution in [0.3, 0.4) is 0 Å². The lowest BCUT2D eigenvalue weighted by molar-refractivity contribution is 0.122. The number of aryl methyl sites for hydroxylation is 1. The topological polar surface area (TPSA) is 96.2 Å². The van der Waals surface area contributed by atoms with Crippen LogP contribution in [0, 0.1) is 6.92 Å². The largest absolute Gasteiger partial charge is 0.378 e. The van der Waals surface area contributed by atoms with Gasteiger partial charge in [-0.05, 0) is 18.4 Å². The van der Waals surface area contributed by atoms with E-state index in [2.05, 4.69) is 25.1 Å².